The molecule has 1 heterocycles. The molecule has 0 saturated heterocycles. The predicted molar refractivity (Wildman–Crippen MR) is 64.7 cm³/mol. The molecule has 1 nitrogen and oxygen atoms in total. The van der Waals surface area contributed by atoms with Gasteiger partial charge in [0.1, 0.15) is 0 Å². The minimum absolute atomic E-state index is 0.739. The van der Waals surface area contributed by atoms with Gasteiger partial charge in [-0.3, -0.25) is 0 Å². The van der Waals surface area contributed by atoms with E-state index in [0.717, 1.165) is 21.6 Å². The van der Waals surface area contributed by atoms with Crippen LogP contribution in [0, 0.1) is 0 Å². The quantitative estimate of drug-likeness (QED) is 0.753. The van der Waals surface area contributed by atoms with Crippen molar-refractivity contribution in [2.75, 3.05) is 0 Å². The van der Waals surface area contributed by atoms with Crippen LogP contribution in [0.1, 0.15) is 5.69 Å². The van der Waals surface area contributed by atoms with E-state index >= 15 is 0 Å². The fourth-order valence-electron chi connectivity index (χ4n) is 1.27. The van der Waals surface area contributed by atoms with Crippen LogP contribution in [0.5, 0.6) is 0 Å². The van der Waals surface area contributed by atoms with E-state index in [0.29, 0.717) is 0 Å². The Balaban J connectivity index is 2.61. The fraction of sp³-hybridized carbons (Fsp3) is 0. The maximum absolute atomic E-state index is 5.87. The Morgan fingerprint density at radius 2 is 2.07 bits per heavy atom. The first kappa shape index (κ1) is 9.69. The summed E-state index contributed by atoms with van der Waals surface area (Å²) in [5.74, 6) is 0. The highest BCUT2D eigenvalue weighted by Crippen LogP contribution is 2.18. The molecular weight excluding hydrogens is 261 g/mol. The molecule has 0 saturated carbocycles. The molecule has 0 aliphatic carbocycles. The summed E-state index contributed by atoms with van der Waals surface area (Å²) in [6, 6.07) is 9.64. The Hall–Kier alpha value is -0.860. The number of pyridine rings is 1. The largest absolute Gasteiger partial charge is 0.248 e. The zero-order valence-electron chi connectivity index (χ0n) is 7.24. The second-order valence-corrected chi connectivity index (χ2v) is 3.83. The average molecular weight is 269 g/mol. The van der Waals surface area contributed by atoms with Crippen LogP contribution in [0.15, 0.2) is 35.3 Å². The lowest BCUT2D eigenvalue weighted by atomic mass is 10.2. The highest BCUT2D eigenvalue weighted by molar-refractivity contribution is 9.11. The Morgan fingerprint density at radius 3 is 2.86 bits per heavy atom. The van der Waals surface area contributed by atoms with Crippen molar-refractivity contribution in [3.63, 3.8) is 0 Å². The van der Waals surface area contributed by atoms with Crippen molar-refractivity contribution in [1.29, 1.82) is 0 Å². The average Bonchev–Trinajstić information content (AvgIpc) is 2.19. The molecule has 0 spiro atoms. The first-order valence-corrected chi connectivity index (χ1v) is 5.42. The first-order valence-electron chi connectivity index (χ1n) is 4.13. The van der Waals surface area contributed by atoms with E-state index < -0.39 is 0 Å². The summed E-state index contributed by atoms with van der Waals surface area (Å²) in [5.41, 5.74) is 1.88. The molecule has 3 heteroatoms. The van der Waals surface area contributed by atoms with Crippen LogP contribution in [0.2, 0.25) is 5.02 Å². The maximum Gasteiger partial charge on any atom is 0.0710 e. The van der Waals surface area contributed by atoms with Crippen LogP contribution < -0.4 is 0 Å². The monoisotopic (exact) mass is 267 g/mol. The van der Waals surface area contributed by atoms with E-state index in [2.05, 4.69) is 20.9 Å². The zero-order chi connectivity index (χ0) is 9.97. The lowest BCUT2D eigenvalue weighted by molar-refractivity contribution is 1.37. The number of halogens is 2. The topological polar surface area (TPSA) is 12.9 Å². The van der Waals surface area contributed by atoms with Gasteiger partial charge in [-0.2, -0.15) is 0 Å². The Kier molecular flexibility index (Phi) is 2.85. The molecule has 0 N–H and O–H groups in total. The normalized spacial score (nSPS) is 11.3. The minimum atomic E-state index is 0.739. The lowest BCUT2D eigenvalue weighted by Gasteiger charge is -1.98. The fourth-order valence-corrected chi connectivity index (χ4v) is 1.72. The summed E-state index contributed by atoms with van der Waals surface area (Å²) in [4.78, 5) is 6.22. The third-order valence-corrected chi connectivity index (χ3v) is 2.41. The summed E-state index contributed by atoms with van der Waals surface area (Å²) in [5, 5.41) is 1.80. The van der Waals surface area contributed by atoms with E-state index in [9.17, 15) is 0 Å². The van der Waals surface area contributed by atoms with Gasteiger partial charge in [0.05, 0.1) is 11.2 Å². The minimum Gasteiger partial charge on any atom is -0.248 e. The number of nitrogens with zero attached hydrogens (tertiary/aromatic N) is 1. The molecule has 14 heavy (non-hydrogen) atoms. The molecule has 0 fully saturated rings. The summed E-state index contributed by atoms with van der Waals surface area (Å²) in [7, 11) is 0. The number of hydrogen-bond donors (Lipinski definition) is 0. The summed E-state index contributed by atoms with van der Waals surface area (Å²) in [6.07, 6.45) is 1.90. The lowest BCUT2D eigenvalue weighted by Crippen LogP contribution is -1.82. The molecule has 1 aromatic carbocycles. The van der Waals surface area contributed by atoms with Crippen molar-refractivity contribution in [3.05, 3.63) is 46.0 Å². The molecule has 0 aliphatic rings. The van der Waals surface area contributed by atoms with Gasteiger partial charge < -0.3 is 0 Å². The van der Waals surface area contributed by atoms with E-state index in [-0.39, 0.29) is 0 Å². The van der Waals surface area contributed by atoms with Crippen LogP contribution in [-0.4, -0.2) is 4.98 Å². The van der Waals surface area contributed by atoms with Crippen molar-refractivity contribution in [3.8, 4) is 0 Å². The van der Waals surface area contributed by atoms with Crippen molar-refractivity contribution in [2.45, 2.75) is 0 Å². The maximum atomic E-state index is 5.87. The van der Waals surface area contributed by atoms with Gasteiger partial charge in [-0.1, -0.05) is 33.6 Å². The van der Waals surface area contributed by atoms with Crippen LogP contribution in [0.25, 0.3) is 17.0 Å². The van der Waals surface area contributed by atoms with Gasteiger partial charge in [0.15, 0.2) is 0 Å². The smallest absolute Gasteiger partial charge is 0.0710 e. The standard InChI is InChI=1S/C11H7BrClN/c12-6-5-10-3-1-8-7-9(13)2-4-11(8)14-10/h1-7H/b6-5-. The third kappa shape index (κ3) is 1.97. The number of fused-ring (bicyclic) bond motifs is 1. The molecule has 0 atom stereocenters. The summed E-state index contributed by atoms with van der Waals surface area (Å²) in [6.45, 7) is 0. The zero-order valence-corrected chi connectivity index (χ0v) is 9.59. The van der Waals surface area contributed by atoms with Crippen molar-refractivity contribution in [2.24, 2.45) is 0 Å². The summed E-state index contributed by atoms with van der Waals surface area (Å²) < 4.78 is 0. The van der Waals surface area contributed by atoms with Gasteiger partial charge in [-0.15, -0.1) is 0 Å². The highest BCUT2D eigenvalue weighted by Gasteiger charge is 1.96. The molecule has 2 rings (SSSR count). The molecule has 70 valence electrons. The molecule has 1 aromatic heterocycles. The molecule has 2 aromatic rings. The Morgan fingerprint density at radius 1 is 1.21 bits per heavy atom. The van der Waals surface area contributed by atoms with Crippen LogP contribution in [0.3, 0.4) is 0 Å². The second-order valence-electron chi connectivity index (χ2n) is 2.87. The molecular formula is C11H7BrClN. The van der Waals surface area contributed by atoms with Crippen LogP contribution in [0.4, 0.5) is 0 Å². The molecule has 0 amide bonds. The second kappa shape index (κ2) is 4.11. The number of benzene rings is 1. The van der Waals surface area contributed by atoms with Gasteiger partial charge >= 0.3 is 0 Å². The summed E-state index contributed by atoms with van der Waals surface area (Å²) >= 11 is 9.09. The van der Waals surface area contributed by atoms with Gasteiger partial charge in [0.2, 0.25) is 0 Å². The molecule has 0 radical (unpaired) electrons. The Bertz CT molecular complexity index is 494. The highest BCUT2D eigenvalue weighted by atomic mass is 79.9. The van der Waals surface area contributed by atoms with Gasteiger partial charge in [0.25, 0.3) is 0 Å². The number of hydrogen-bond acceptors (Lipinski definition) is 1. The number of rotatable bonds is 1. The predicted octanol–water partition coefficient (Wildman–Crippen LogP) is 4.25. The Labute approximate surface area is 95.5 Å². The van der Waals surface area contributed by atoms with E-state index in [1.807, 2.05) is 36.4 Å². The van der Waals surface area contributed by atoms with E-state index in [1.54, 1.807) is 4.99 Å². The van der Waals surface area contributed by atoms with Crippen LogP contribution in [-0.2, 0) is 0 Å². The molecule has 0 unspecified atom stereocenters. The van der Waals surface area contributed by atoms with Gasteiger partial charge in [0, 0.05) is 10.4 Å². The van der Waals surface area contributed by atoms with Crippen molar-refractivity contribution < 1.29 is 0 Å². The van der Waals surface area contributed by atoms with Gasteiger partial charge in [-0.25, -0.2) is 4.98 Å². The molecule has 0 aliphatic heterocycles. The first-order chi connectivity index (χ1) is 6.79. The SMILES string of the molecule is Clc1ccc2nc(/C=C\Br)ccc2c1. The van der Waals surface area contributed by atoms with Crippen LogP contribution >= 0.6 is 27.5 Å². The molecule has 0 bridgehead atoms. The van der Waals surface area contributed by atoms with Gasteiger partial charge in [-0.05, 0) is 35.3 Å². The van der Waals surface area contributed by atoms with E-state index in [4.69, 9.17) is 11.6 Å². The van der Waals surface area contributed by atoms with Crippen molar-refractivity contribution in [1.82, 2.24) is 4.98 Å². The number of aromatic nitrogens is 1. The third-order valence-electron chi connectivity index (χ3n) is 1.91. The van der Waals surface area contributed by atoms with E-state index in [1.165, 1.54) is 0 Å². The van der Waals surface area contributed by atoms with Crippen molar-refractivity contribution >= 4 is 44.5 Å².